The SMILES string of the molecule is CCN1CC[C@H](c2ccccc2)C[C@@H]1C(=O)N[C@@H](C)C(=O)NCc1ccc(C(=N)N)cc1.CCN1CC[C@H](c2ccccc2)C[C@@H]1C(=O)N[C@@H](C)C(=O)NCc1ccc(C(C)=N)cc1. The van der Waals surface area contributed by atoms with Gasteiger partial charge in [-0.3, -0.25) is 34.4 Å². The number of hydrogen-bond acceptors (Lipinski definition) is 8. The number of amides is 4. The minimum Gasteiger partial charge on any atom is -0.384 e. The highest BCUT2D eigenvalue weighted by Gasteiger charge is 2.35. The number of carbonyl (C=O) groups is 4. The van der Waals surface area contributed by atoms with Gasteiger partial charge < -0.3 is 32.4 Å². The number of amidine groups is 1. The minimum atomic E-state index is -0.630. The Morgan fingerprint density at radius 2 is 0.984 bits per heavy atom. The van der Waals surface area contributed by atoms with Gasteiger partial charge in [-0.25, -0.2) is 0 Å². The fourth-order valence-electron chi connectivity index (χ4n) is 8.50. The maximum atomic E-state index is 13.1. The van der Waals surface area contributed by atoms with Gasteiger partial charge in [0.05, 0.1) is 12.1 Å². The van der Waals surface area contributed by atoms with Gasteiger partial charge >= 0.3 is 0 Å². The van der Waals surface area contributed by atoms with E-state index >= 15 is 0 Å². The molecule has 340 valence electrons. The van der Waals surface area contributed by atoms with E-state index in [2.05, 4.69) is 69.2 Å². The molecule has 2 aliphatic heterocycles. The first kappa shape index (κ1) is 48.8. The van der Waals surface area contributed by atoms with Crippen molar-refractivity contribution in [3.63, 3.8) is 0 Å². The van der Waals surface area contributed by atoms with Crippen LogP contribution >= 0.6 is 0 Å². The van der Waals surface area contributed by atoms with Crippen LogP contribution in [0.1, 0.15) is 106 Å². The fraction of sp³-hybridized carbons (Fsp3) is 0.412. The Balaban J connectivity index is 0.000000241. The summed E-state index contributed by atoms with van der Waals surface area (Å²) in [4.78, 5) is 55.7. The third-order valence-corrected chi connectivity index (χ3v) is 12.5. The van der Waals surface area contributed by atoms with Crippen LogP contribution in [0.3, 0.4) is 0 Å². The lowest BCUT2D eigenvalue weighted by Gasteiger charge is -2.38. The van der Waals surface area contributed by atoms with E-state index in [0.29, 0.717) is 36.2 Å². The highest BCUT2D eigenvalue weighted by atomic mass is 16.2. The van der Waals surface area contributed by atoms with Gasteiger partial charge in [-0.1, -0.05) is 123 Å². The third kappa shape index (κ3) is 13.9. The molecule has 2 aliphatic rings. The van der Waals surface area contributed by atoms with Crippen molar-refractivity contribution in [1.29, 1.82) is 10.8 Å². The molecule has 4 aromatic carbocycles. The summed E-state index contributed by atoms with van der Waals surface area (Å²) in [6.07, 6.45) is 3.57. The lowest BCUT2D eigenvalue weighted by atomic mass is 9.85. The zero-order valence-corrected chi connectivity index (χ0v) is 38.0. The standard InChI is InChI=1S/C26H34N4O2.C25H33N5O2/c1-4-30-15-14-23(22-8-6-5-7-9-22)16-24(30)26(32)29-19(3)25(31)28-17-20-10-12-21(13-11-20)18(2)27;1-3-30-14-13-21(19-7-5-4-6-8-19)15-22(30)25(32)29-17(2)24(31)28-16-18-9-11-20(12-10-18)23(26)27/h5-13,19,23-24,27H,4,14-17H2,1-3H3,(H,28,31)(H,29,32);4-12,17,21-22H,3,13-16H2,1-2H3,(H3,26,27)(H,28,31)(H,29,32)/t19-,23-,24+;17-,21-,22+/m00/s1. The van der Waals surface area contributed by atoms with Crippen LogP contribution < -0.4 is 27.0 Å². The largest absolute Gasteiger partial charge is 0.384 e. The van der Waals surface area contributed by atoms with Crippen LogP contribution in [-0.4, -0.2) is 95.3 Å². The summed E-state index contributed by atoms with van der Waals surface area (Å²) in [6, 6.07) is 33.7. The van der Waals surface area contributed by atoms with Crippen molar-refractivity contribution in [2.24, 2.45) is 5.73 Å². The molecular weight excluding hydrogens is 803 g/mol. The maximum absolute atomic E-state index is 13.1. The van der Waals surface area contributed by atoms with Gasteiger partial charge in [-0.05, 0) is 112 Å². The molecule has 4 aromatic rings. The van der Waals surface area contributed by atoms with E-state index in [-0.39, 0.29) is 41.5 Å². The summed E-state index contributed by atoms with van der Waals surface area (Å²) < 4.78 is 0. The number of carbonyl (C=O) groups excluding carboxylic acids is 4. The molecule has 4 amide bonds. The van der Waals surface area contributed by atoms with Gasteiger partial charge in [0, 0.05) is 24.4 Å². The minimum absolute atomic E-state index is 0.00950. The van der Waals surface area contributed by atoms with Gasteiger partial charge in [0.25, 0.3) is 0 Å². The van der Waals surface area contributed by atoms with Crippen molar-refractivity contribution in [2.75, 3.05) is 26.2 Å². The molecule has 8 N–H and O–H groups in total. The Kier molecular flexibility index (Phi) is 18.3. The molecule has 2 saturated heterocycles. The highest BCUT2D eigenvalue weighted by Crippen LogP contribution is 2.33. The number of rotatable bonds is 16. The van der Waals surface area contributed by atoms with Crippen LogP contribution in [-0.2, 0) is 32.3 Å². The smallest absolute Gasteiger partial charge is 0.242 e. The van der Waals surface area contributed by atoms with Crippen LogP contribution in [0.15, 0.2) is 109 Å². The van der Waals surface area contributed by atoms with Gasteiger partial charge in [-0.2, -0.15) is 0 Å². The van der Waals surface area contributed by atoms with Gasteiger partial charge in [0.15, 0.2) is 0 Å². The average Bonchev–Trinajstić information content (AvgIpc) is 3.32. The number of nitrogens with zero attached hydrogens (tertiary/aromatic N) is 2. The average molecular weight is 870 g/mol. The van der Waals surface area contributed by atoms with Crippen molar-refractivity contribution in [1.82, 2.24) is 31.1 Å². The highest BCUT2D eigenvalue weighted by molar-refractivity contribution is 5.96. The quantitative estimate of drug-likeness (QED) is 0.0544. The summed E-state index contributed by atoms with van der Waals surface area (Å²) in [5.41, 5.74) is 11.9. The summed E-state index contributed by atoms with van der Waals surface area (Å²) in [5.74, 6) is 0.0945. The number of likely N-dealkylation sites (N-methyl/N-ethyl adjacent to an activating group) is 2. The van der Waals surface area contributed by atoms with E-state index in [1.807, 2.05) is 72.8 Å². The second kappa shape index (κ2) is 24.0. The molecular formula is C51H67N9O4. The van der Waals surface area contributed by atoms with Crippen molar-refractivity contribution in [3.05, 3.63) is 143 Å². The Morgan fingerprint density at radius 1 is 0.609 bits per heavy atom. The van der Waals surface area contributed by atoms with E-state index in [9.17, 15) is 19.2 Å². The predicted molar refractivity (Wildman–Crippen MR) is 254 cm³/mol. The second-order valence-corrected chi connectivity index (χ2v) is 16.9. The lowest BCUT2D eigenvalue weighted by Crippen LogP contribution is -2.54. The zero-order chi connectivity index (χ0) is 46.2. The molecule has 6 atom stereocenters. The van der Waals surface area contributed by atoms with Crippen LogP contribution in [0.2, 0.25) is 0 Å². The molecule has 13 heteroatoms. The van der Waals surface area contributed by atoms with Crippen LogP contribution in [0.25, 0.3) is 0 Å². The summed E-state index contributed by atoms with van der Waals surface area (Å²) in [6.45, 7) is 13.4. The number of likely N-dealkylation sites (tertiary alicyclic amines) is 2. The monoisotopic (exact) mass is 870 g/mol. The van der Waals surface area contributed by atoms with E-state index in [0.717, 1.165) is 68.6 Å². The summed E-state index contributed by atoms with van der Waals surface area (Å²) >= 11 is 0. The molecule has 2 fully saturated rings. The first-order valence-electron chi connectivity index (χ1n) is 22.6. The Bertz CT molecular complexity index is 2010. The lowest BCUT2D eigenvalue weighted by molar-refractivity contribution is -0.132. The first-order valence-corrected chi connectivity index (χ1v) is 22.6. The molecule has 2 heterocycles. The van der Waals surface area contributed by atoms with Crippen molar-refractivity contribution in [3.8, 4) is 0 Å². The number of nitrogen functional groups attached to an aromatic ring is 1. The molecule has 0 aliphatic carbocycles. The Hall–Kier alpha value is -6.18. The number of benzene rings is 4. The maximum Gasteiger partial charge on any atom is 0.242 e. The normalized spacial score (nSPS) is 19.7. The second-order valence-electron chi connectivity index (χ2n) is 16.9. The van der Waals surface area contributed by atoms with Crippen molar-refractivity contribution < 1.29 is 19.2 Å². The van der Waals surface area contributed by atoms with Crippen molar-refractivity contribution >= 4 is 35.2 Å². The molecule has 0 bridgehead atoms. The molecule has 13 nitrogen and oxygen atoms in total. The molecule has 64 heavy (non-hydrogen) atoms. The van der Waals surface area contributed by atoms with E-state index < -0.39 is 12.1 Å². The number of nitrogens with two attached hydrogens (primary N) is 1. The molecule has 6 rings (SSSR count). The topological polar surface area (TPSA) is 197 Å². The Morgan fingerprint density at radius 3 is 1.33 bits per heavy atom. The third-order valence-electron chi connectivity index (χ3n) is 12.5. The summed E-state index contributed by atoms with van der Waals surface area (Å²) in [7, 11) is 0. The van der Waals surface area contributed by atoms with Crippen molar-refractivity contribution in [2.45, 2.75) is 109 Å². The molecule has 0 spiro atoms. The van der Waals surface area contributed by atoms with E-state index in [1.54, 1.807) is 32.9 Å². The van der Waals surface area contributed by atoms with Crippen LogP contribution in [0.5, 0.6) is 0 Å². The number of piperidine rings is 2. The van der Waals surface area contributed by atoms with Gasteiger partial charge in [0.1, 0.15) is 17.9 Å². The molecule has 0 saturated carbocycles. The van der Waals surface area contributed by atoms with E-state index in [1.165, 1.54) is 11.1 Å². The zero-order valence-electron chi connectivity index (χ0n) is 38.0. The Labute approximate surface area is 379 Å². The predicted octanol–water partition coefficient (Wildman–Crippen LogP) is 5.82. The first-order chi connectivity index (χ1) is 30.8. The van der Waals surface area contributed by atoms with Gasteiger partial charge in [-0.15, -0.1) is 0 Å². The number of nitrogens with one attached hydrogen (secondary N) is 6. The summed E-state index contributed by atoms with van der Waals surface area (Å²) in [5, 5.41) is 26.7. The van der Waals surface area contributed by atoms with Gasteiger partial charge in [0.2, 0.25) is 23.6 Å². The molecule has 0 radical (unpaired) electrons. The molecule has 0 aromatic heterocycles. The fourth-order valence-corrected chi connectivity index (χ4v) is 8.50. The van der Waals surface area contributed by atoms with Crippen LogP contribution in [0, 0.1) is 10.8 Å². The van der Waals surface area contributed by atoms with E-state index in [4.69, 9.17) is 16.6 Å². The number of hydrogen-bond donors (Lipinski definition) is 7. The van der Waals surface area contributed by atoms with Crippen LogP contribution in [0.4, 0.5) is 0 Å². The molecule has 0 unspecified atom stereocenters.